The summed E-state index contributed by atoms with van der Waals surface area (Å²) in [7, 11) is 0. The molecule has 6 nitrogen and oxygen atoms in total. The molecule has 0 aliphatic carbocycles. The highest BCUT2D eigenvalue weighted by Crippen LogP contribution is 2.36. The van der Waals surface area contributed by atoms with Crippen LogP contribution in [0.5, 0.6) is 0 Å². The van der Waals surface area contributed by atoms with Crippen molar-refractivity contribution in [2.45, 2.75) is 44.4 Å². The van der Waals surface area contributed by atoms with E-state index in [2.05, 4.69) is 10.3 Å². The lowest BCUT2D eigenvalue weighted by atomic mass is 9.95. The Hall–Kier alpha value is -1.69. The Labute approximate surface area is 105 Å². The first-order valence-electron chi connectivity index (χ1n) is 6.16. The lowest BCUT2D eigenvalue weighted by molar-refractivity contribution is -0.385. The maximum absolute atomic E-state index is 10.9. The first kappa shape index (κ1) is 11.4. The molecule has 2 bridgehead atoms. The van der Waals surface area contributed by atoms with Gasteiger partial charge in [0.05, 0.1) is 29.2 Å². The topological polar surface area (TPSA) is 77.3 Å². The molecule has 0 spiro atoms. The summed E-state index contributed by atoms with van der Waals surface area (Å²) in [4.78, 5) is 14.7. The van der Waals surface area contributed by atoms with Crippen LogP contribution in [0.2, 0.25) is 0 Å². The van der Waals surface area contributed by atoms with E-state index in [-0.39, 0.29) is 22.8 Å². The first-order valence-corrected chi connectivity index (χ1v) is 6.16. The van der Waals surface area contributed by atoms with E-state index in [9.17, 15) is 10.1 Å². The van der Waals surface area contributed by atoms with E-state index in [1.807, 2.05) is 0 Å². The summed E-state index contributed by atoms with van der Waals surface area (Å²) in [5.74, 6) is 0.563. The quantitative estimate of drug-likeness (QED) is 0.655. The normalized spacial score (nSPS) is 29.5. The van der Waals surface area contributed by atoms with Crippen molar-refractivity contribution in [3.63, 3.8) is 0 Å². The van der Waals surface area contributed by atoms with Gasteiger partial charge in [-0.15, -0.1) is 0 Å². The Kier molecular flexibility index (Phi) is 2.66. The molecular weight excluding hydrogens is 234 g/mol. The van der Waals surface area contributed by atoms with Crippen molar-refractivity contribution in [3.05, 3.63) is 27.9 Å². The number of anilines is 1. The molecule has 2 aliphatic heterocycles. The minimum atomic E-state index is -0.376. The molecule has 3 atom stereocenters. The fourth-order valence-corrected chi connectivity index (χ4v) is 2.77. The van der Waals surface area contributed by atoms with Crippen molar-refractivity contribution >= 4 is 11.5 Å². The summed E-state index contributed by atoms with van der Waals surface area (Å²) in [6.07, 6.45) is 5.29. The predicted octanol–water partition coefficient (Wildman–Crippen LogP) is 2.03. The summed E-state index contributed by atoms with van der Waals surface area (Å²) in [6, 6.07) is 1.74. The summed E-state index contributed by atoms with van der Waals surface area (Å²) in [5.41, 5.74) is 0.686. The smallest absolute Gasteiger partial charge is 0.277 e. The monoisotopic (exact) mass is 249 g/mol. The molecule has 3 heterocycles. The largest absolute Gasteiger partial charge is 0.373 e. The van der Waals surface area contributed by atoms with Crippen molar-refractivity contribution in [2.24, 2.45) is 0 Å². The average molecular weight is 249 g/mol. The molecule has 3 unspecified atom stereocenters. The van der Waals surface area contributed by atoms with Gasteiger partial charge >= 0.3 is 0 Å². The number of rotatable bonds is 3. The highest BCUT2D eigenvalue weighted by Gasteiger charge is 2.40. The number of hydrogen-bond acceptors (Lipinski definition) is 5. The van der Waals surface area contributed by atoms with Crippen molar-refractivity contribution in [1.29, 1.82) is 0 Å². The molecule has 18 heavy (non-hydrogen) atoms. The fourth-order valence-electron chi connectivity index (χ4n) is 2.77. The summed E-state index contributed by atoms with van der Waals surface area (Å²) in [6.45, 7) is 1.69. The van der Waals surface area contributed by atoms with Gasteiger partial charge in [0.15, 0.2) is 0 Å². The van der Waals surface area contributed by atoms with Crippen molar-refractivity contribution in [2.75, 3.05) is 5.32 Å². The van der Waals surface area contributed by atoms with E-state index in [1.165, 1.54) is 12.3 Å². The van der Waals surface area contributed by atoms with Gasteiger partial charge in [0.25, 0.3) is 5.69 Å². The molecule has 2 aliphatic rings. The van der Waals surface area contributed by atoms with Gasteiger partial charge in [-0.05, 0) is 26.2 Å². The Bertz CT molecular complexity index is 491. The second-order valence-corrected chi connectivity index (χ2v) is 4.97. The maximum Gasteiger partial charge on any atom is 0.277 e. The third kappa shape index (κ3) is 1.92. The van der Waals surface area contributed by atoms with Crippen LogP contribution in [0.1, 0.15) is 24.8 Å². The molecule has 0 amide bonds. The molecule has 2 fully saturated rings. The van der Waals surface area contributed by atoms with Crippen LogP contribution < -0.4 is 5.32 Å². The summed E-state index contributed by atoms with van der Waals surface area (Å²) < 4.78 is 5.73. The fraction of sp³-hybridized carbons (Fsp3) is 0.583. The molecule has 0 saturated carbocycles. The number of aromatic nitrogens is 1. The minimum Gasteiger partial charge on any atom is -0.373 e. The zero-order chi connectivity index (χ0) is 12.7. The molecule has 0 aromatic carbocycles. The number of pyridine rings is 1. The van der Waals surface area contributed by atoms with Crippen LogP contribution in [0.3, 0.4) is 0 Å². The Morgan fingerprint density at radius 1 is 1.56 bits per heavy atom. The lowest BCUT2D eigenvalue weighted by Crippen LogP contribution is -2.30. The zero-order valence-electron chi connectivity index (χ0n) is 10.1. The second-order valence-electron chi connectivity index (χ2n) is 4.97. The lowest BCUT2D eigenvalue weighted by Gasteiger charge is -2.20. The molecular formula is C12H15N3O3. The number of nitrogens with zero attached hydrogens (tertiary/aromatic N) is 2. The molecule has 1 N–H and O–H groups in total. The van der Waals surface area contributed by atoms with Gasteiger partial charge in [0.2, 0.25) is 0 Å². The number of nitrogens with one attached hydrogen (secondary N) is 1. The van der Waals surface area contributed by atoms with Gasteiger partial charge in [-0.1, -0.05) is 0 Å². The second kappa shape index (κ2) is 4.20. The van der Waals surface area contributed by atoms with E-state index in [0.717, 1.165) is 19.3 Å². The molecule has 1 aromatic heterocycles. The van der Waals surface area contributed by atoms with E-state index >= 15 is 0 Å². The minimum absolute atomic E-state index is 0.108. The van der Waals surface area contributed by atoms with Gasteiger partial charge in [-0.2, -0.15) is 0 Å². The number of nitro groups is 1. The Balaban J connectivity index is 1.77. The number of ether oxygens (including phenoxy) is 1. The van der Waals surface area contributed by atoms with Crippen LogP contribution in [-0.2, 0) is 4.74 Å². The van der Waals surface area contributed by atoms with Crippen LogP contribution >= 0.6 is 0 Å². The first-order chi connectivity index (χ1) is 8.63. The Morgan fingerprint density at radius 2 is 2.39 bits per heavy atom. The van der Waals surface area contributed by atoms with E-state index in [4.69, 9.17) is 4.74 Å². The zero-order valence-corrected chi connectivity index (χ0v) is 10.1. The summed E-state index contributed by atoms with van der Waals surface area (Å²) in [5, 5.41) is 14.1. The molecule has 2 saturated heterocycles. The van der Waals surface area contributed by atoms with Crippen LogP contribution in [-0.4, -0.2) is 28.2 Å². The predicted molar refractivity (Wildman–Crippen MR) is 65.6 cm³/mol. The van der Waals surface area contributed by atoms with Gasteiger partial charge in [0, 0.05) is 11.8 Å². The van der Waals surface area contributed by atoms with Gasteiger partial charge in [-0.3, -0.25) is 10.1 Å². The highest BCUT2D eigenvalue weighted by molar-refractivity contribution is 5.49. The third-order valence-electron chi connectivity index (χ3n) is 3.71. The molecule has 0 radical (unpaired) electrons. The van der Waals surface area contributed by atoms with Crippen LogP contribution in [0.25, 0.3) is 0 Å². The van der Waals surface area contributed by atoms with Crippen molar-refractivity contribution < 1.29 is 9.66 Å². The molecule has 96 valence electrons. The van der Waals surface area contributed by atoms with E-state index < -0.39 is 0 Å². The van der Waals surface area contributed by atoms with Gasteiger partial charge < -0.3 is 10.1 Å². The molecule has 1 aromatic rings. The highest BCUT2D eigenvalue weighted by atomic mass is 16.6. The van der Waals surface area contributed by atoms with E-state index in [0.29, 0.717) is 17.5 Å². The van der Waals surface area contributed by atoms with E-state index in [1.54, 1.807) is 6.92 Å². The summed E-state index contributed by atoms with van der Waals surface area (Å²) >= 11 is 0. The van der Waals surface area contributed by atoms with Crippen LogP contribution in [0.15, 0.2) is 12.3 Å². The van der Waals surface area contributed by atoms with Crippen LogP contribution in [0.4, 0.5) is 11.5 Å². The molecule has 6 heteroatoms. The number of fused-ring (bicyclic) bond motifs is 2. The van der Waals surface area contributed by atoms with Crippen molar-refractivity contribution in [3.8, 4) is 0 Å². The standard InChI is InChI=1S/C12H15N3O3/c1-7-6-13-12(5-10(7)15(16)17)14-9-4-8-2-3-11(9)18-8/h5-6,8-9,11H,2-4H2,1H3,(H,13,14). The van der Waals surface area contributed by atoms with Gasteiger partial charge in [0.1, 0.15) is 5.82 Å². The SMILES string of the molecule is Cc1cnc(NC2CC3CCC2O3)cc1[N+](=O)[O-]. The average Bonchev–Trinajstić information content (AvgIpc) is 2.93. The van der Waals surface area contributed by atoms with Crippen molar-refractivity contribution in [1.82, 2.24) is 4.98 Å². The third-order valence-corrected chi connectivity index (χ3v) is 3.71. The van der Waals surface area contributed by atoms with Gasteiger partial charge in [-0.25, -0.2) is 4.98 Å². The number of hydrogen-bond donors (Lipinski definition) is 1. The number of aryl methyl sites for hydroxylation is 1. The van der Waals surface area contributed by atoms with Crippen LogP contribution in [0, 0.1) is 17.0 Å². The molecule has 3 rings (SSSR count). The Morgan fingerprint density at radius 3 is 3.00 bits per heavy atom. The maximum atomic E-state index is 10.9.